The lowest BCUT2D eigenvalue weighted by atomic mass is 10.1. The molecule has 5 heteroatoms. The van der Waals surface area contributed by atoms with Crippen LogP contribution in [0.2, 0.25) is 0 Å². The molecule has 0 amide bonds. The van der Waals surface area contributed by atoms with Gasteiger partial charge in [-0.25, -0.2) is 0 Å². The van der Waals surface area contributed by atoms with Gasteiger partial charge in [0.05, 0.1) is 12.3 Å². The van der Waals surface area contributed by atoms with Gasteiger partial charge in [-0.2, -0.15) is 0 Å². The number of nitrogens with zero attached hydrogens (tertiary/aromatic N) is 2. The molecular weight excluding hydrogens is 248 g/mol. The second-order valence-corrected chi connectivity index (χ2v) is 3.96. The molecule has 2 heterocycles. The highest BCUT2D eigenvalue weighted by atomic mass is 79.9. The third-order valence-electron chi connectivity index (χ3n) is 1.97. The normalized spacial score (nSPS) is 20.4. The van der Waals surface area contributed by atoms with Gasteiger partial charge in [0.25, 0.3) is 0 Å². The second kappa shape index (κ2) is 4.06. The monoisotopic (exact) mass is 256 g/mol. The van der Waals surface area contributed by atoms with E-state index >= 15 is 0 Å². The van der Waals surface area contributed by atoms with Crippen LogP contribution in [0.15, 0.2) is 28.1 Å². The summed E-state index contributed by atoms with van der Waals surface area (Å²) in [6.45, 7) is -0.00552. The number of pyridine rings is 1. The molecule has 74 valence electrons. The summed E-state index contributed by atoms with van der Waals surface area (Å²) in [5.74, 6) is 0. The summed E-state index contributed by atoms with van der Waals surface area (Å²) >= 11 is 3.33. The Morgan fingerprint density at radius 3 is 3.07 bits per heavy atom. The highest BCUT2D eigenvalue weighted by Gasteiger charge is 2.21. The molecule has 0 bridgehead atoms. The van der Waals surface area contributed by atoms with Gasteiger partial charge in [0.1, 0.15) is 0 Å². The number of aromatic nitrogens is 1. The number of rotatable bonds is 2. The summed E-state index contributed by atoms with van der Waals surface area (Å²) in [5.41, 5.74) is 1.76. The molecule has 1 aromatic rings. The van der Waals surface area contributed by atoms with Crippen LogP contribution in [0, 0.1) is 0 Å². The number of halogens is 1. The molecule has 0 fully saturated rings. The van der Waals surface area contributed by atoms with Crippen molar-refractivity contribution in [1.29, 1.82) is 0 Å². The maximum atomic E-state index is 8.86. The molecule has 0 saturated heterocycles. The van der Waals surface area contributed by atoms with Crippen molar-refractivity contribution in [3.8, 4) is 0 Å². The zero-order chi connectivity index (χ0) is 9.97. The number of aliphatic hydroxyl groups excluding tert-OH is 1. The molecule has 0 aromatic carbocycles. The number of oxime groups is 1. The molecule has 1 atom stereocenters. The molecule has 0 radical (unpaired) electrons. The van der Waals surface area contributed by atoms with E-state index in [1.807, 2.05) is 6.07 Å². The topological polar surface area (TPSA) is 54.7 Å². The van der Waals surface area contributed by atoms with Gasteiger partial charge < -0.3 is 9.94 Å². The maximum Gasteiger partial charge on any atom is 0.156 e. The van der Waals surface area contributed by atoms with Crippen LogP contribution in [-0.4, -0.2) is 28.5 Å². The van der Waals surface area contributed by atoms with Crippen molar-refractivity contribution in [2.24, 2.45) is 5.16 Å². The number of hydrogen-bond acceptors (Lipinski definition) is 4. The summed E-state index contributed by atoms with van der Waals surface area (Å²) in [7, 11) is 0. The zero-order valence-corrected chi connectivity index (χ0v) is 8.94. The van der Waals surface area contributed by atoms with E-state index in [4.69, 9.17) is 9.94 Å². The van der Waals surface area contributed by atoms with E-state index in [9.17, 15) is 0 Å². The molecule has 4 nitrogen and oxygen atoms in total. The van der Waals surface area contributed by atoms with E-state index in [1.165, 1.54) is 0 Å². The van der Waals surface area contributed by atoms with Crippen LogP contribution in [0.3, 0.4) is 0 Å². The Bertz CT molecular complexity index is 368. The van der Waals surface area contributed by atoms with Crippen molar-refractivity contribution in [3.05, 3.63) is 28.5 Å². The van der Waals surface area contributed by atoms with Gasteiger partial charge in [-0.1, -0.05) is 5.16 Å². The van der Waals surface area contributed by atoms with Crippen LogP contribution in [0.4, 0.5) is 0 Å². The van der Waals surface area contributed by atoms with Crippen molar-refractivity contribution in [2.45, 2.75) is 12.5 Å². The summed E-state index contributed by atoms with van der Waals surface area (Å²) in [6, 6.07) is 1.93. The SMILES string of the molecule is OCC1CC(c2cncc(Br)c2)=NO1. The van der Waals surface area contributed by atoms with Crippen molar-refractivity contribution >= 4 is 21.6 Å². The van der Waals surface area contributed by atoms with Crippen LogP contribution in [0.1, 0.15) is 12.0 Å². The molecule has 0 saturated carbocycles. The molecule has 1 aliphatic rings. The molecule has 2 rings (SSSR count). The lowest BCUT2D eigenvalue weighted by Gasteiger charge is -2.01. The summed E-state index contributed by atoms with van der Waals surface area (Å²) < 4.78 is 0.908. The fourth-order valence-corrected chi connectivity index (χ4v) is 1.63. The standard InChI is InChI=1S/C9H9BrN2O2/c10-7-1-6(3-11-4-7)9-2-8(5-13)14-12-9/h1,3-4,8,13H,2,5H2. The fourth-order valence-electron chi connectivity index (χ4n) is 1.27. The first-order valence-corrected chi connectivity index (χ1v) is 5.03. The summed E-state index contributed by atoms with van der Waals surface area (Å²) in [6.07, 6.45) is 3.87. The largest absolute Gasteiger partial charge is 0.392 e. The molecule has 0 aliphatic carbocycles. The van der Waals surface area contributed by atoms with E-state index in [1.54, 1.807) is 12.4 Å². The third kappa shape index (κ3) is 1.93. The average molecular weight is 257 g/mol. The Labute approximate surface area is 89.7 Å². The Hall–Kier alpha value is -0.940. The Kier molecular flexibility index (Phi) is 2.79. The highest BCUT2D eigenvalue weighted by molar-refractivity contribution is 9.10. The first kappa shape index (κ1) is 9.61. The van der Waals surface area contributed by atoms with Crippen molar-refractivity contribution < 1.29 is 9.94 Å². The first-order chi connectivity index (χ1) is 6.79. The van der Waals surface area contributed by atoms with E-state index in [0.717, 1.165) is 15.7 Å². The summed E-state index contributed by atoms with van der Waals surface area (Å²) in [4.78, 5) is 9.04. The molecular formula is C9H9BrN2O2. The van der Waals surface area contributed by atoms with Gasteiger partial charge in [-0.05, 0) is 22.0 Å². The van der Waals surface area contributed by atoms with E-state index in [0.29, 0.717) is 6.42 Å². The number of hydrogen-bond donors (Lipinski definition) is 1. The van der Waals surface area contributed by atoms with Crippen LogP contribution in [-0.2, 0) is 4.84 Å². The molecule has 0 spiro atoms. The fraction of sp³-hybridized carbons (Fsp3) is 0.333. The maximum absolute atomic E-state index is 8.86. The minimum absolute atomic E-state index is 0.00552. The average Bonchev–Trinajstić information content (AvgIpc) is 2.66. The van der Waals surface area contributed by atoms with Crippen molar-refractivity contribution in [2.75, 3.05) is 6.61 Å². The Morgan fingerprint density at radius 1 is 1.57 bits per heavy atom. The second-order valence-electron chi connectivity index (χ2n) is 3.04. The van der Waals surface area contributed by atoms with Crippen molar-refractivity contribution in [1.82, 2.24) is 4.98 Å². The van der Waals surface area contributed by atoms with Gasteiger partial charge in [0, 0.05) is 28.9 Å². The van der Waals surface area contributed by atoms with Crippen molar-refractivity contribution in [3.63, 3.8) is 0 Å². The van der Waals surface area contributed by atoms with Gasteiger partial charge in [0.15, 0.2) is 6.10 Å². The molecule has 1 N–H and O–H groups in total. The zero-order valence-electron chi connectivity index (χ0n) is 7.35. The van der Waals surface area contributed by atoms with Crippen LogP contribution in [0.25, 0.3) is 0 Å². The molecule has 14 heavy (non-hydrogen) atoms. The molecule has 1 unspecified atom stereocenters. The highest BCUT2D eigenvalue weighted by Crippen LogP contribution is 2.18. The minimum Gasteiger partial charge on any atom is -0.392 e. The smallest absolute Gasteiger partial charge is 0.156 e. The Morgan fingerprint density at radius 2 is 2.43 bits per heavy atom. The van der Waals surface area contributed by atoms with Crippen LogP contribution >= 0.6 is 15.9 Å². The van der Waals surface area contributed by atoms with E-state index < -0.39 is 0 Å². The lowest BCUT2D eigenvalue weighted by molar-refractivity contribution is 0.0390. The first-order valence-electron chi connectivity index (χ1n) is 4.24. The van der Waals surface area contributed by atoms with Crippen LogP contribution in [0.5, 0.6) is 0 Å². The van der Waals surface area contributed by atoms with Gasteiger partial charge in [-0.3, -0.25) is 4.98 Å². The lowest BCUT2D eigenvalue weighted by Crippen LogP contribution is -2.12. The quantitative estimate of drug-likeness (QED) is 0.869. The number of aliphatic hydroxyl groups is 1. The van der Waals surface area contributed by atoms with Gasteiger partial charge in [-0.15, -0.1) is 0 Å². The van der Waals surface area contributed by atoms with Gasteiger partial charge in [0.2, 0.25) is 0 Å². The summed E-state index contributed by atoms with van der Waals surface area (Å²) in [5, 5.41) is 12.8. The molecule has 1 aliphatic heterocycles. The predicted octanol–water partition coefficient (Wildman–Crippen LogP) is 1.33. The van der Waals surface area contributed by atoms with Crippen LogP contribution < -0.4 is 0 Å². The van der Waals surface area contributed by atoms with E-state index in [-0.39, 0.29) is 12.7 Å². The molecule has 1 aromatic heterocycles. The third-order valence-corrected chi connectivity index (χ3v) is 2.41. The predicted molar refractivity (Wildman–Crippen MR) is 55.0 cm³/mol. The van der Waals surface area contributed by atoms with Gasteiger partial charge >= 0.3 is 0 Å². The van der Waals surface area contributed by atoms with E-state index in [2.05, 4.69) is 26.1 Å². The minimum atomic E-state index is -0.205. The Balaban J connectivity index is 2.17.